The number of rotatable bonds is 5. The van der Waals surface area contributed by atoms with E-state index in [0.29, 0.717) is 10.7 Å². The molecule has 0 atom stereocenters. The van der Waals surface area contributed by atoms with Gasteiger partial charge in [-0.3, -0.25) is 10.2 Å². The Labute approximate surface area is 167 Å². The molecular weight excluding hydrogens is 400 g/mol. The van der Waals surface area contributed by atoms with Gasteiger partial charge in [0.2, 0.25) is 20.7 Å². The molecule has 0 aromatic heterocycles. The topological polar surface area (TPSA) is 95.8 Å². The van der Waals surface area contributed by atoms with E-state index in [2.05, 4.69) is 10.5 Å². The second-order valence-corrected chi connectivity index (χ2v) is 8.03. The molecule has 3 rings (SSSR count). The predicted octanol–water partition coefficient (Wildman–Crippen LogP) is 4.13. The van der Waals surface area contributed by atoms with Gasteiger partial charge in [-0.1, -0.05) is 35.9 Å². The van der Waals surface area contributed by atoms with Crippen LogP contribution in [0.25, 0.3) is 0 Å². The van der Waals surface area contributed by atoms with Crippen molar-refractivity contribution in [3.63, 3.8) is 0 Å². The number of sulfone groups is 1. The Morgan fingerprint density at radius 1 is 0.929 bits per heavy atom. The fourth-order valence-corrected chi connectivity index (χ4v) is 3.75. The van der Waals surface area contributed by atoms with Crippen molar-refractivity contribution in [2.75, 3.05) is 5.43 Å². The van der Waals surface area contributed by atoms with Gasteiger partial charge in [-0.25, -0.2) is 8.42 Å². The highest BCUT2D eigenvalue weighted by Crippen LogP contribution is 2.19. The first-order valence-electron chi connectivity index (χ1n) is 8.11. The molecule has 0 saturated carbocycles. The molecule has 0 spiro atoms. The molecule has 0 aliphatic heterocycles. The summed E-state index contributed by atoms with van der Waals surface area (Å²) in [6.07, 6.45) is 0. The monoisotopic (exact) mass is 414 g/mol. The van der Waals surface area contributed by atoms with Crippen molar-refractivity contribution in [3.8, 4) is 5.75 Å². The van der Waals surface area contributed by atoms with Crippen molar-refractivity contribution >= 4 is 38.0 Å². The smallest absolute Gasteiger partial charge is 0.229 e. The van der Waals surface area contributed by atoms with Gasteiger partial charge in [0, 0.05) is 16.7 Å². The van der Waals surface area contributed by atoms with Crippen LogP contribution in [0.4, 0.5) is 5.69 Å². The lowest BCUT2D eigenvalue weighted by Crippen LogP contribution is -2.26. The molecule has 3 aromatic carbocycles. The van der Waals surface area contributed by atoms with E-state index < -0.39 is 20.7 Å². The number of phenols is 1. The highest BCUT2D eigenvalue weighted by molar-refractivity contribution is 8.08. The van der Waals surface area contributed by atoms with Crippen molar-refractivity contribution in [2.45, 2.75) is 4.90 Å². The van der Waals surface area contributed by atoms with Crippen LogP contribution in [0.3, 0.4) is 0 Å². The predicted molar refractivity (Wildman–Crippen MR) is 109 cm³/mol. The lowest BCUT2D eigenvalue weighted by molar-refractivity contribution is 0.106. The van der Waals surface area contributed by atoms with Gasteiger partial charge >= 0.3 is 0 Å². The number of ketones is 1. The molecule has 0 aliphatic carbocycles. The van der Waals surface area contributed by atoms with Crippen LogP contribution in [0.1, 0.15) is 10.4 Å². The van der Waals surface area contributed by atoms with Crippen molar-refractivity contribution in [1.29, 1.82) is 0 Å². The maximum Gasteiger partial charge on any atom is 0.229 e. The van der Waals surface area contributed by atoms with Crippen LogP contribution >= 0.6 is 11.6 Å². The zero-order valence-electron chi connectivity index (χ0n) is 14.4. The van der Waals surface area contributed by atoms with Crippen molar-refractivity contribution in [2.24, 2.45) is 5.10 Å². The van der Waals surface area contributed by atoms with Crippen molar-refractivity contribution in [3.05, 3.63) is 89.4 Å². The Morgan fingerprint density at radius 2 is 1.61 bits per heavy atom. The Balaban J connectivity index is 2.06. The molecule has 142 valence electrons. The number of nitrogens with one attached hydrogen (secondary N) is 1. The highest BCUT2D eigenvalue weighted by atomic mass is 35.5. The van der Waals surface area contributed by atoms with E-state index in [1.54, 1.807) is 30.3 Å². The van der Waals surface area contributed by atoms with Crippen molar-refractivity contribution in [1.82, 2.24) is 0 Å². The maximum absolute atomic E-state index is 13.0. The largest absolute Gasteiger partial charge is 0.508 e. The fraction of sp³-hybridized carbons (Fsp3) is 0. The van der Waals surface area contributed by atoms with Crippen LogP contribution < -0.4 is 5.43 Å². The number of benzene rings is 3. The number of phenolic OH excluding ortho intramolecular Hbond substituents is 1. The zero-order valence-corrected chi connectivity index (χ0v) is 16.0. The third-order valence-corrected chi connectivity index (χ3v) is 5.67. The lowest BCUT2D eigenvalue weighted by atomic mass is 10.1. The first-order valence-corrected chi connectivity index (χ1v) is 9.97. The van der Waals surface area contributed by atoms with Crippen LogP contribution in [0.15, 0.2) is 88.9 Å². The molecule has 3 aromatic rings. The minimum absolute atomic E-state index is 0.0308. The third-order valence-electron chi connectivity index (χ3n) is 3.74. The summed E-state index contributed by atoms with van der Waals surface area (Å²) in [5.41, 5.74) is 2.97. The summed E-state index contributed by atoms with van der Waals surface area (Å²) in [7, 11) is -4.20. The van der Waals surface area contributed by atoms with E-state index in [0.717, 1.165) is 0 Å². The number of hydrogen-bond acceptors (Lipinski definition) is 6. The Morgan fingerprint density at radius 3 is 2.25 bits per heavy atom. The van der Waals surface area contributed by atoms with Crippen LogP contribution in [-0.4, -0.2) is 24.4 Å². The summed E-state index contributed by atoms with van der Waals surface area (Å²) >= 11 is 5.84. The molecule has 0 unspecified atom stereocenters. The van der Waals surface area contributed by atoms with Crippen LogP contribution in [0.2, 0.25) is 5.02 Å². The summed E-state index contributed by atoms with van der Waals surface area (Å²) in [5, 5.41) is 13.1. The van der Waals surface area contributed by atoms with Gasteiger partial charge in [-0.15, -0.1) is 0 Å². The molecule has 6 nitrogen and oxygen atoms in total. The first-order chi connectivity index (χ1) is 13.4. The van der Waals surface area contributed by atoms with E-state index in [9.17, 15) is 18.3 Å². The minimum atomic E-state index is -4.20. The summed E-state index contributed by atoms with van der Waals surface area (Å²) in [4.78, 5) is 12.9. The first kappa shape index (κ1) is 19.6. The number of hydrazone groups is 1. The van der Waals surface area contributed by atoms with E-state index in [4.69, 9.17) is 11.6 Å². The maximum atomic E-state index is 13.0. The van der Waals surface area contributed by atoms with Gasteiger partial charge in [0.05, 0.1) is 10.6 Å². The van der Waals surface area contributed by atoms with Crippen LogP contribution in [0.5, 0.6) is 5.75 Å². The molecule has 8 heteroatoms. The average Bonchev–Trinajstić information content (AvgIpc) is 2.69. The zero-order chi connectivity index (χ0) is 20.1. The summed E-state index contributed by atoms with van der Waals surface area (Å²) in [5.74, 6) is -0.815. The molecule has 0 aliphatic rings. The summed E-state index contributed by atoms with van der Waals surface area (Å²) in [6.45, 7) is 0. The molecule has 0 radical (unpaired) electrons. The number of halogens is 1. The normalized spacial score (nSPS) is 11.8. The molecule has 0 amide bonds. The number of carbonyl (C=O) groups excluding carboxylic acids is 1. The third kappa shape index (κ3) is 4.39. The number of nitrogens with zero attached hydrogens (tertiary/aromatic N) is 1. The van der Waals surface area contributed by atoms with E-state index in [-0.39, 0.29) is 16.2 Å². The average molecular weight is 415 g/mol. The summed E-state index contributed by atoms with van der Waals surface area (Å²) < 4.78 is 26.1. The second-order valence-electron chi connectivity index (χ2n) is 5.73. The Hall–Kier alpha value is -3.16. The standard InChI is InChI=1S/C20H15ClN2O4S/c21-15-11-9-14(10-12-15)19(25)20(23-22-16-5-4-6-17(24)13-16)28(26,27)18-7-2-1-3-8-18/h1-13,22,24H/b23-20+. The fourth-order valence-electron chi connectivity index (χ4n) is 2.36. The minimum Gasteiger partial charge on any atom is -0.508 e. The van der Waals surface area contributed by atoms with Crippen LogP contribution in [0, 0.1) is 0 Å². The molecule has 0 bridgehead atoms. The van der Waals surface area contributed by atoms with Gasteiger partial charge in [0.25, 0.3) is 0 Å². The molecule has 0 fully saturated rings. The number of carbonyl (C=O) groups is 1. The number of Topliss-reactive ketones (excluding diaryl/α,β-unsaturated/α-hetero) is 1. The van der Waals surface area contributed by atoms with E-state index in [1.165, 1.54) is 48.5 Å². The van der Waals surface area contributed by atoms with E-state index >= 15 is 0 Å². The molecule has 2 N–H and O–H groups in total. The SMILES string of the molecule is O=C(/C(=N\Nc1cccc(O)c1)S(=O)(=O)c1ccccc1)c1ccc(Cl)cc1. The lowest BCUT2D eigenvalue weighted by Gasteiger charge is -2.09. The van der Waals surface area contributed by atoms with Gasteiger partial charge in [-0.05, 0) is 48.5 Å². The molecular formula is C20H15ClN2O4S. The Kier molecular flexibility index (Phi) is 5.77. The number of hydrogen-bond donors (Lipinski definition) is 2. The quantitative estimate of drug-likeness (QED) is 0.283. The second kappa shape index (κ2) is 8.24. The van der Waals surface area contributed by atoms with Gasteiger partial charge in [0.15, 0.2) is 0 Å². The van der Waals surface area contributed by atoms with E-state index in [1.807, 2.05) is 0 Å². The summed E-state index contributed by atoms with van der Waals surface area (Å²) in [6, 6.07) is 19.3. The number of aromatic hydroxyl groups is 1. The number of anilines is 1. The molecule has 0 saturated heterocycles. The van der Waals surface area contributed by atoms with Crippen molar-refractivity contribution < 1.29 is 18.3 Å². The van der Waals surface area contributed by atoms with Gasteiger partial charge < -0.3 is 5.11 Å². The van der Waals surface area contributed by atoms with Crippen LogP contribution in [-0.2, 0) is 9.84 Å². The van der Waals surface area contributed by atoms with Gasteiger partial charge in [0.1, 0.15) is 5.75 Å². The Bertz CT molecular complexity index is 1130. The molecule has 28 heavy (non-hydrogen) atoms. The van der Waals surface area contributed by atoms with Gasteiger partial charge in [-0.2, -0.15) is 5.10 Å². The highest BCUT2D eigenvalue weighted by Gasteiger charge is 2.30. The molecule has 0 heterocycles.